The van der Waals surface area contributed by atoms with Crippen LogP contribution in [0, 0.1) is 5.41 Å². The second-order valence-corrected chi connectivity index (χ2v) is 5.46. The number of thioether (sulfide) groups is 1. The van der Waals surface area contributed by atoms with Crippen LogP contribution in [0.15, 0.2) is 11.2 Å². The van der Waals surface area contributed by atoms with E-state index < -0.39 is 0 Å². The maximum absolute atomic E-state index is 5.35. The highest BCUT2D eigenvalue weighted by molar-refractivity contribution is 7.98. The quantitative estimate of drug-likeness (QED) is 0.324. The molecule has 0 atom stereocenters. The van der Waals surface area contributed by atoms with Gasteiger partial charge in [0.1, 0.15) is 11.6 Å². The van der Waals surface area contributed by atoms with Crippen molar-refractivity contribution in [2.45, 2.75) is 25.9 Å². The van der Waals surface area contributed by atoms with Gasteiger partial charge in [-0.05, 0) is 11.7 Å². The predicted molar refractivity (Wildman–Crippen MR) is 69.6 cm³/mol. The molecule has 0 radical (unpaired) electrons. The maximum Gasteiger partial charge on any atom is 0.191 e. The summed E-state index contributed by atoms with van der Waals surface area (Å²) < 4.78 is 0. The first-order valence-corrected chi connectivity index (χ1v) is 6.30. The van der Waals surface area contributed by atoms with Crippen LogP contribution in [0.4, 0.5) is 11.6 Å². The van der Waals surface area contributed by atoms with E-state index >= 15 is 0 Å². The molecule has 0 aliphatic heterocycles. The van der Waals surface area contributed by atoms with Gasteiger partial charge in [-0.3, -0.25) is 0 Å². The van der Waals surface area contributed by atoms with Crippen molar-refractivity contribution in [3.63, 3.8) is 0 Å². The number of hydrazine groups is 1. The van der Waals surface area contributed by atoms with Crippen LogP contribution in [0.3, 0.4) is 0 Å². The second kappa shape index (κ2) is 5.36. The predicted octanol–water partition coefficient (Wildman–Crippen LogP) is 1.94. The summed E-state index contributed by atoms with van der Waals surface area (Å²) in [5.74, 6) is 6.76. The molecule has 0 saturated carbocycles. The van der Waals surface area contributed by atoms with Crippen LogP contribution >= 0.6 is 11.8 Å². The highest BCUT2D eigenvalue weighted by Gasteiger charge is 2.10. The summed E-state index contributed by atoms with van der Waals surface area (Å²) in [6.45, 7) is 7.35. The fourth-order valence-electron chi connectivity index (χ4n) is 1.04. The van der Waals surface area contributed by atoms with Gasteiger partial charge in [0.15, 0.2) is 5.16 Å². The summed E-state index contributed by atoms with van der Waals surface area (Å²) in [5.41, 5.74) is 2.74. The molecule has 0 aliphatic rings. The Kier molecular flexibility index (Phi) is 4.37. The summed E-state index contributed by atoms with van der Waals surface area (Å²) in [6.07, 6.45) is 1.93. The molecule has 0 spiro atoms. The van der Waals surface area contributed by atoms with Crippen molar-refractivity contribution >= 4 is 23.4 Å². The number of anilines is 2. The smallest absolute Gasteiger partial charge is 0.191 e. The van der Waals surface area contributed by atoms with E-state index in [1.807, 2.05) is 6.26 Å². The highest BCUT2D eigenvalue weighted by atomic mass is 32.2. The van der Waals surface area contributed by atoms with E-state index in [0.717, 1.165) is 12.4 Å². The van der Waals surface area contributed by atoms with E-state index in [1.54, 1.807) is 6.07 Å². The third-order valence-corrected chi connectivity index (χ3v) is 2.38. The Hall–Kier alpha value is -1.01. The molecule has 0 bridgehead atoms. The molecule has 0 aromatic carbocycles. The summed E-state index contributed by atoms with van der Waals surface area (Å²) >= 11 is 1.49. The third-order valence-electron chi connectivity index (χ3n) is 1.84. The van der Waals surface area contributed by atoms with Crippen molar-refractivity contribution in [3.8, 4) is 0 Å². The Bertz CT molecular complexity index is 325. The fourth-order valence-corrected chi connectivity index (χ4v) is 1.42. The Morgan fingerprint density at radius 1 is 1.31 bits per heavy atom. The average Bonchev–Trinajstić information content (AvgIpc) is 2.25. The largest absolute Gasteiger partial charge is 0.369 e. The summed E-state index contributed by atoms with van der Waals surface area (Å²) in [4.78, 5) is 8.54. The van der Waals surface area contributed by atoms with Crippen LogP contribution in [0.25, 0.3) is 0 Å². The zero-order chi connectivity index (χ0) is 12.2. The van der Waals surface area contributed by atoms with Gasteiger partial charge in [-0.2, -0.15) is 0 Å². The molecular formula is C10H19N5S. The van der Waals surface area contributed by atoms with Gasteiger partial charge >= 0.3 is 0 Å². The van der Waals surface area contributed by atoms with Crippen LogP contribution in [-0.2, 0) is 0 Å². The van der Waals surface area contributed by atoms with Crippen molar-refractivity contribution in [1.82, 2.24) is 9.97 Å². The van der Waals surface area contributed by atoms with E-state index in [2.05, 4.69) is 41.5 Å². The normalized spacial score (nSPS) is 11.3. The van der Waals surface area contributed by atoms with E-state index in [1.165, 1.54) is 11.8 Å². The molecule has 1 heterocycles. The fraction of sp³-hybridized carbons (Fsp3) is 0.600. The van der Waals surface area contributed by atoms with Gasteiger partial charge in [-0.1, -0.05) is 32.5 Å². The summed E-state index contributed by atoms with van der Waals surface area (Å²) in [5, 5.41) is 3.97. The average molecular weight is 241 g/mol. The van der Waals surface area contributed by atoms with Crippen LogP contribution in [0.2, 0.25) is 0 Å². The van der Waals surface area contributed by atoms with E-state index in [0.29, 0.717) is 11.0 Å². The lowest BCUT2D eigenvalue weighted by Gasteiger charge is -2.19. The van der Waals surface area contributed by atoms with Gasteiger partial charge in [0.05, 0.1) is 0 Å². The minimum atomic E-state index is 0.209. The number of nitrogens with two attached hydrogens (primary N) is 1. The first kappa shape index (κ1) is 13.1. The summed E-state index contributed by atoms with van der Waals surface area (Å²) in [6, 6.07) is 1.80. The molecule has 0 amide bonds. The molecule has 1 rings (SSSR count). The van der Waals surface area contributed by atoms with Crippen molar-refractivity contribution in [2.24, 2.45) is 11.3 Å². The second-order valence-electron chi connectivity index (χ2n) is 4.68. The molecule has 1 aromatic rings. The number of nitrogens with one attached hydrogen (secondary N) is 2. The number of hydrogen-bond acceptors (Lipinski definition) is 6. The lowest BCUT2D eigenvalue weighted by molar-refractivity contribution is 0.442. The first-order chi connectivity index (χ1) is 7.44. The number of nitrogen functional groups attached to an aromatic ring is 1. The van der Waals surface area contributed by atoms with Crippen LogP contribution in [-0.4, -0.2) is 22.8 Å². The van der Waals surface area contributed by atoms with Crippen LogP contribution in [0.1, 0.15) is 20.8 Å². The number of nitrogens with zero attached hydrogens (tertiary/aromatic N) is 2. The molecule has 0 saturated heterocycles. The maximum atomic E-state index is 5.35. The molecular weight excluding hydrogens is 222 g/mol. The minimum absolute atomic E-state index is 0.209. The van der Waals surface area contributed by atoms with Crippen molar-refractivity contribution in [3.05, 3.63) is 6.07 Å². The SMILES string of the molecule is CSc1nc(NN)cc(NCC(C)(C)C)n1. The topological polar surface area (TPSA) is 75.9 Å². The Morgan fingerprint density at radius 3 is 2.44 bits per heavy atom. The van der Waals surface area contributed by atoms with Crippen molar-refractivity contribution in [2.75, 3.05) is 23.5 Å². The lowest BCUT2D eigenvalue weighted by Crippen LogP contribution is -2.20. The van der Waals surface area contributed by atoms with Gasteiger partial charge in [0, 0.05) is 12.6 Å². The number of hydrogen-bond donors (Lipinski definition) is 3. The molecule has 90 valence electrons. The zero-order valence-corrected chi connectivity index (χ0v) is 11.0. The Morgan fingerprint density at radius 2 is 1.94 bits per heavy atom. The minimum Gasteiger partial charge on any atom is -0.369 e. The molecule has 6 heteroatoms. The molecule has 16 heavy (non-hydrogen) atoms. The third kappa shape index (κ3) is 4.24. The van der Waals surface area contributed by atoms with Gasteiger partial charge in [0.25, 0.3) is 0 Å². The lowest BCUT2D eigenvalue weighted by atomic mass is 9.97. The zero-order valence-electron chi connectivity index (χ0n) is 10.2. The van der Waals surface area contributed by atoms with E-state index in [9.17, 15) is 0 Å². The first-order valence-electron chi connectivity index (χ1n) is 5.08. The van der Waals surface area contributed by atoms with Gasteiger partial charge in [-0.25, -0.2) is 15.8 Å². The number of rotatable bonds is 4. The van der Waals surface area contributed by atoms with Crippen molar-refractivity contribution < 1.29 is 0 Å². The van der Waals surface area contributed by atoms with Gasteiger partial charge in [-0.15, -0.1) is 0 Å². The van der Waals surface area contributed by atoms with Crippen molar-refractivity contribution in [1.29, 1.82) is 0 Å². The van der Waals surface area contributed by atoms with Crippen LogP contribution < -0.4 is 16.6 Å². The van der Waals surface area contributed by atoms with Gasteiger partial charge in [0.2, 0.25) is 0 Å². The molecule has 0 unspecified atom stereocenters. The van der Waals surface area contributed by atoms with E-state index in [4.69, 9.17) is 5.84 Å². The van der Waals surface area contributed by atoms with E-state index in [-0.39, 0.29) is 5.41 Å². The Labute approximate surface area is 101 Å². The standard InChI is InChI=1S/C10H19N5S/c1-10(2,3)6-12-7-5-8(15-11)14-9(13-7)16-4/h5H,6,11H2,1-4H3,(H2,12,13,14,15). The number of aromatic nitrogens is 2. The Balaban J connectivity index is 2.79. The monoisotopic (exact) mass is 241 g/mol. The van der Waals surface area contributed by atoms with Crippen LogP contribution in [0.5, 0.6) is 0 Å². The molecule has 0 aliphatic carbocycles. The molecule has 4 N–H and O–H groups in total. The summed E-state index contributed by atoms with van der Waals surface area (Å²) in [7, 11) is 0. The molecule has 5 nitrogen and oxygen atoms in total. The molecule has 0 fully saturated rings. The van der Waals surface area contributed by atoms with Gasteiger partial charge < -0.3 is 10.7 Å². The highest BCUT2D eigenvalue weighted by Crippen LogP contribution is 2.19. The molecule has 1 aromatic heterocycles.